The highest BCUT2D eigenvalue weighted by molar-refractivity contribution is 7.86. The highest BCUT2D eigenvalue weighted by Gasteiger charge is 2.55. The van der Waals surface area contributed by atoms with Gasteiger partial charge in [0.1, 0.15) is 29.2 Å². The molecule has 0 amide bonds. The maximum absolute atomic E-state index is 14.8. The van der Waals surface area contributed by atoms with Crippen LogP contribution in [-0.2, 0) is 23.3 Å². The van der Waals surface area contributed by atoms with E-state index in [2.05, 4.69) is 10.4 Å². The van der Waals surface area contributed by atoms with Gasteiger partial charge in [0.25, 0.3) is 16.1 Å². The predicted octanol–water partition coefficient (Wildman–Crippen LogP) is 2.90. The molecule has 2 fully saturated rings. The third-order valence-electron chi connectivity index (χ3n) is 7.98. The molecule has 2 saturated heterocycles. The molecule has 1 aromatic heterocycles. The van der Waals surface area contributed by atoms with E-state index in [1.54, 1.807) is 24.3 Å². The second kappa shape index (κ2) is 12.9. The van der Waals surface area contributed by atoms with Crippen molar-refractivity contribution in [1.82, 2.24) is 23.7 Å². The molecule has 16 heteroatoms. The number of nitrogens with two attached hydrogens (primary N) is 1. The molecule has 2 aliphatic heterocycles. The van der Waals surface area contributed by atoms with Crippen molar-refractivity contribution in [1.29, 1.82) is 5.26 Å². The zero-order valence-corrected chi connectivity index (χ0v) is 25.2. The van der Waals surface area contributed by atoms with E-state index >= 15 is 0 Å². The van der Waals surface area contributed by atoms with Gasteiger partial charge in [-0.15, -0.1) is 0 Å². The lowest BCUT2D eigenvalue weighted by Gasteiger charge is -2.42. The van der Waals surface area contributed by atoms with Gasteiger partial charge >= 0.3 is 6.18 Å². The van der Waals surface area contributed by atoms with Crippen LogP contribution in [0.25, 0.3) is 0 Å². The Labute approximate surface area is 258 Å². The van der Waals surface area contributed by atoms with Crippen molar-refractivity contribution in [3.63, 3.8) is 0 Å². The zero-order valence-electron chi connectivity index (χ0n) is 24.3. The topological polar surface area (TPSA) is 141 Å². The minimum atomic E-state index is -4.97. The van der Waals surface area contributed by atoms with Gasteiger partial charge in [0.2, 0.25) is 0 Å². The van der Waals surface area contributed by atoms with Crippen LogP contribution in [-0.4, -0.2) is 78.2 Å². The molecule has 0 saturated carbocycles. The van der Waals surface area contributed by atoms with Crippen LogP contribution < -0.4 is 16.0 Å². The minimum absolute atomic E-state index is 0.0661. The molecule has 2 aromatic carbocycles. The quantitative estimate of drug-likeness (QED) is 0.356. The van der Waals surface area contributed by atoms with Crippen LogP contribution >= 0.6 is 0 Å². The van der Waals surface area contributed by atoms with Gasteiger partial charge in [-0.05, 0) is 36.1 Å². The number of hydrogen-bond donors (Lipinski definition) is 2. The largest absolute Gasteiger partial charge is 0.405 e. The van der Waals surface area contributed by atoms with Crippen LogP contribution in [0.1, 0.15) is 51.6 Å². The van der Waals surface area contributed by atoms with Crippen LogP contribution in [0.3, 0.4) is 0 Å². The van der Waals surface area contributed by atoms with E-state index in [-0.39, 0.29) is 38.5 Å². The normalized spacial score (nSPS) is 19.8. The molecular formula is C29H32F4N8O3S. The highest BCUT2D eigenvalue weighted by Crippen LogP contribution is 2.41. The molecule has 240 valence electrons. The van der Waals surface area contributed by atoms with Gasteiger partial charge in [-0.3, -0.25) is 4.79 Å². The molecule has 2 aliphatic rings. The first-order valence-corrected chi connectivity index (χ1v) is 15.7. The number of nitrogens with one attached hydrogen (secondary N) is 1. The molecular weight excluding hydrogens is 616 g/mol. The number of nitriles is 1. The van der Waals surface area contributed by atoms with E-state index in [9.17, 15) is 36.0 Å². The third-order valence-corrected chi connectivity index (χ3v) is 10.00. The maximum Gasteiger partial charge on any atom is 0.405 e. The molecule has 3 N–H and O–H groups in total. The maximum atomic E-state index is 14.8. The third kappa shape index (κ3) is 6.31. The number of halogens is 4. The Morgan fingerprint density at radius 1 is 1.11 bits per heavy atom. The summed E-state index contributed by atoms with van der Waals surface area (Å²) in [4.78, 5) is 15.2. The summed E-state index contributed by atoms with van der Waals surface area (Å²) in [6, 6.07) is 9.48. The molecule has 0 aliphatic carbocycles. The first-order valence-electron chi connectivity index (χ1n) is 14.3. The number of benzene rings is 2. The minimum Gasteiger partial charge on any atom is -0.354 e. The number of piperazine rings is 1. The summed E-state index contributed by atoms with van der Waals surface area (Å²) in [6.07, 6.45) is -3.86. The summed E-state index contributed by atoms with van der Waals surface area (Å²) in [6.45, 7) is -0.00908. The number of carbonyl (C=O) groups is 1. The van der Waals surface area contributed by atoms with Gasteiger partial charge in [0, 0.05) is 46.3 Å². The van der Waals surface area contributed by atoms with Crippen LogP contribution in [0.15, 0.2) is 48.5 Å². The molecule has 2 atom stereocenters. The predicted molar refractivity (Wildman–Crippen MR) is 157 cm³/mol. The van der Waals surface area contributed by atoms with Crippen molar-refractivity contribution in [2.45, 2.75) is 44.2 Å². The Bertz CT molecular complexity index is 1700. The Kier molecular flexibility index (Phi) is 9.28. The smallest absolute Gasteiger partial charge is 0.354 e. The van der Waals surface area contributed by atoms with Crippen molar-refractivity contribution < 1.29 is 30.8 Å². The molecule has 2 unspecified atom stereocenters. The number of hydrogen-bond acceptors (Lipinski definition) is 8. The molecule has 3 heterocycles. The number of aromatic nitrogens is 2. The van der Waals surface area contributed by atoms with Crippen LogP contribution in [0.2, 0.25) is 0 Å². The number of carbonyl (C=O) groups excluding carboxylic acids is 1. The van der Waals surface area contributed by atoms with Gasteiger partial charge in [-0.25, -0.2) is 4.39 Å². The Hall–Kier alpha value is -3.88. The number of nitrogens with zero attached hydrogens (tertiary/aromatic N) is 6. The lowest BCUT2D eigenvalue weighted by Crippen LogP contribution is -2.61. The van der Waals surface area contributed by atoms with Crippen LogP contribution in [0, 0.1) is 17.1 Å². The monoisotopic (exact) mass is 648 g/mol. The first-order chi connectivity index (χ1) is 21.4. The lowest BCUT2D eigenvalue weighted by molar-refractivity contribution is -0.173. The Balaban J connectivity index is 1.71. The fourth-order valence-electron chi connectivity index (χ4n) is 5.77. The molecule has 5 rings (SSSR count). The van der Waals surface area contributed by atoms with Gasteiger partial charge < -0.3 is 16.0 Å². The molecule has 3 aromatic rings. The van der Waals surface area contributed by atoms with Crippen LogP contribution in [0.4, 0.5) is 23.4 Å². The lowest BCUT2D eigenvalue weighted by atomic mass is 9.98. The van der Waals surface area contributed by atoms with E-state index in [0.29, 0.717) is 33.9 Å². The molecule has 0 spiro atoms. The van der Waals surface area contributed by atoms with Gasteiger partial charge in [0.05, 0.1) is 11.6 Å². The fourth-order valence-corrected chi connectivity index (χ4v) is 7.62. The summed E-state index contributed by atoms with van der Waals surface area (Å²) in [5.41, 5.74) is 5.80. The summed E-state index contributed by atoms with van der Waals surface area (Å²) in [5.74, 6) is -2.17. The van der Waals surface area contributed by atoms with Crippen LogP contribution in [0.5, 0.6) is 0 Å². The van der Waals surface area contributed by atoms with Gasteiger partial charge in [-0.1, -0.05) is 36.4 Å². The molecule has 0 bridgehead atoms. The summed E-state index contributed by atoms with van der Waals surface area (Å²) >= 11 is 0. The second-order valence-electron chi connectivity index (χ2n) is 10.9. The molecule has 0 radical (unpaired) electrons. The number of rotatable bonds is 8. The van der Waals surface area contributed by atoms with E-state index in [0.717, 1.165) is 15.9 Å². The van der Waals surface area contributed by atoms with Crippen molar-refractivity contribution in [2.75, 3.05) is 38.1 Å². The van der Waals surface area contributed by atoms with Gasteiger partial charge in [-0.2, -0.15) is 45.2 Å². The first kappa shape index (κ1) is 32.5. The van der Waals surface area contributed by atoms with Crippen molar-refractivity contribution in [3.05, 3.63) is 82.3 Å². The SMILES string of the molecule is CN(Cc1ccc(CN)cc1)c1c(C#N)c(C2C(C(F)(F)F)NCCN2S(=O)(=O)N2CCCC2)nn1C(=O)c1ccccc1F. The summed E-state index contributed by atoms with van der Waals surface area (Å²) in [5, 5.41) is 17.0. The van der Waals surface area contributed by atoms with Crippen molar-refractivity contribution >= 4 is 21.9 Å². The Morgan fingerprint density at radius 2 is 1.76 bits per heavy atom. The fraction of sp³-hybridized carbons (Fsp3) is 0.414. The van der Waals surface area contributed by atoms with E-state index in [1.165, 1.54) is 30.1 Å². The number of anilines is 1. The Morgan fingerprint density at radius 3 is 2.36 bits per heavy atom. The average molecular weight is 649 g/mol. The van der Waals surface area contributed by atoms with E-state index in [4.69, 9.17) is 5.73 Å². The second-order valence-corrected chi connectivity index (χ2v) is 12.8. The molecule has 45 heavy (non-hydrogen) atoms. The zero-order chi connectivity index (χ0) is 32.5. The highest BCUT2D eigenvalue weighted by atomic mass is 32.2. The van der Waals surface area contributed by atoms with Crippen molar-refractivity contribution in [3.8, 4) is 6.07 Å². The van der Waals surface area contributed by atoms with Crippen molar-refractivity contribution in [2.24, 2.45) is 5.73 Å². The summed E-state index contributed by atoms with van der Waals surface area (Å²) in [7, 11) is -2.93. The standard InChI is InChI=1S/C29H32F4N8O3S/c1-38(18-20-10-8-19(16-34)9-11-20)27-22(17-35)24(37-41(27)28(42)21-6-2-3-7-23(21)30)25-26(29(31,32)33)36-12-15-40(25)45(43,44)39-13-4-5-14-39/h2-3,6-11,25-26,36H,4-5,12-16,18,34H2,1H3. The average Bonchev–Trinajstić information content (AvgIpc) is 3.70. The molecule has 11 nitrogen and oxygen atoms in total. The van der Waals surface area contributed by atoms with E-state index < -0.39 is 57.0 Å². The van der Waals surface area contributed by atoms with Gasteiger partial charge in [0.15, 0.2) is 5.82 Å². The number of alkyl halides is 3. The van der Waals surface area contributed by atoms with E-state index in [1.807, 2.05) is 6.07 Å². The summed E-state index contributed by atoms with van der Waals surface area (Å²) < 4.78 is 88.6.